The SMILES string of the molecule is CCOc1cc2[nH]c(C(=O)c3ccc4c(c3)NC(=O)CO4)c(CC(=O)O)c2cc1OC. The predicted molar refractivity (Wildman–Crippen MR) is 111 cm³/mol. The van der Waals surface area contributed by atoms with Crippen LogP contribution in [0.15, 0.2) is 30.3 Å². The van der Waals surface area contributed by atoms with E-state index in [-0.39, 0.29) is 30.2 Å². The summed E-state index contributed by atoms with van der Waals surface area (Å²) in [7, 11) is 1.49. The number of H-pyrrole nitrogens is 1. The molecule has 9 nitrogen and oxygen atoms in total. The van der Waals surface area contributed by atoms with E-state index in [1.165, 1.54) is 13.2 Å². The predicted octanol–water partition coefficient (Wildman–Crippen LogP) is 2.76. The fraction of sp³-hybridized carbons (Fsp3) is 0.227. The number of carbonyl (C=O) groups is 3. The number of aromatic nitrogens is 1. The second-order valence-electron chi connectivity index (χ2n) is 6.91. The molecule has 0 radical (unpaired) electrons. The molecule has 2 aromatic carbocycles. The van der Waals surface area contributed by atoms with Crippen LogP contribution in [0.1, 0.15) is 28.5 Å². The number of aliphatic carboxylic acids is 1. The zero-order chi connectivity index (χ0) is 22.1. The van der Waals surface area contributed by atoms with E-state index in [9.17, 15) is 19.5 Å². The number of rotatable bonds is 7. The van der Waals surface area contributed by atoms with E-state index >= 15 is 0 Å². The molecule has 31 heavy (non-hydrogen) atoms. The van der Waals surface area contributed by atoms with Crippen molar-refractivity contribution in [2.45, 2.75) is 13.3 Å². The monoisotopic (exact) mass is 424 g/mol. The molecule has 0 spiro atoms. The summed E-state index contributed by atoms with van der Waals surface area (Å²) in [6.07, 6.45) is -0.358. The Balaban J connectivity index is 1.84. The Hall–Kier alpha value is -4.01. The molecular formula is C22H20N2O7. The summed E-state index contributed by atoms with van der Waals surface area (Å²) in [4.78, 5) is 39.5. The lowest BCUT2D eigenvalue weighted by atomic mass is 10.0. The zero-order valence-corrected chi connectivity index (χ0v) is 16.9. The largest absolute Gasteiger partial charge is 0.493 e. The van der Waals surface area contributed by atoms with Crippen LogP contribution in [0.2, 0.25) is 0 Å². The van der Waals surface area contributed by atoms with Crippen LogP contribution in [0.3, 0.4) is 0 Å². The number of carboxylic acid groups (broad SMARTS) is 1. The van der Waals surface area contributed by atoms with E-state index in [2.05, 4.69) is 10.3 Å². The fourth-order valence-electron chi connectivity index (χ4n) is 3.58. The van der Waals surface area contributed by atoms with E-state index in [1.807, 2.05) is 6.92 Å². The van der Waals surface area contributed by atoms with Gasteiger partial charge < -0.3 is 29.6 Å². The fourth-order valence-corrected chi connectivity index (χ4v) is 3.58. The average molecular weight is 424 g/mol. The summed E-state index contributed by atoms with van der Waals surface area (Å²) < 4.78 is 16.3. The minimum atomic E-state index is -1.08. The van der Waals surface area contributed by atoms with Gasteiger partial charge in [0.25, 0.3) is 5.91 Å². The van der Waals surface area contributed by atoms with Crippen molar-refractivity contribution < 1.29 is 33.7 Å². The normalized spacial score (nSPS) is 12.6. The number of methoxy groups -OCH3 is 1. The highest BCUT2D eigenvalue weighted by Crippen LogP contribution is 2.36. The van der Waals surface area contributed by atoms with Gasteiger partial charge in [0.2, 0.25) is 5.78 Å². The highest BCUT2D eigenvalue weighted by atomic mass is 16.5. The molecule has 0 saturated heterocycles. The maximum absolute atomic E-state index is 13.3. The molecule has 0 unspecified atom stereocenters. The van der Waals surface area contributed by atoms with Crippen LogP contribution in [-0.2, 0) is 16.0 Å². The van der Waals surface area contributed by atoms with Crippen molar-refractivity contribution in [3.8, 4) is 17.2 Å². The maximum Gasteiger partial charge on any atom is 0.307 e. The van der Waals surface area contributed by atoms with Crippen molar-refractivity contribution in [3.63, 3.8) is 0 Å². The van der Waals surface area contributed by atoms with Crippen molar-refractivity contribution in [1.82, 2.24) is 4.98 Å². The molecular weight excluding hydrogens is 404 g/mol. The van der Waals surface area contributed by atoms with Crippen molar-refractivity contribution in [3.05, 3.63) is 47.2 Å². The lowest BCUT2D eigenvalue weighted by Gasteiger charge is -2.18. The standard InChI is InChI=1S/C22H20N2O7/c1-3-30-18-9-14-12(7-17(18)29-2)13(8-20(26)27)21(24-14)22(28)11-4-5-16-15(6-11)23-19(25)10-31-16/h4-7,9,24H,3,8,10H2,1-2H3,(H,23,25)(H,26,27). The van der Waals surface area contributed by atoms with Gasteiger partial charge >= 0.3 is 5.97 Å². The molecule has 9 heteroatoms. The molecule has 0 fully saturated rings. The number of anilines is 1. The number of carboxylic acids is 1. The van der Waals surface area contributed by atoms with Gasteiger partial charge in [0.05, 0.1) is 37.0 Å². The number of aromatic amines is 1. The lowest BCUT2D eigenvalue weighted by molar-refractivity contribution is -0.136. The van der Waals surface area contributed by atoms with Gasteiger partial charge in [-0.1, -0.05) is 0 Å². The third-order valence-corrected chi connectivity index (χ3v) is 4.92. The van der Waals surface area contributed by atoms with Crippen LogP contribution in [0.4, 0.5) is 5.69 Å². The molecule has 1 amide bonds. The highest BCUT2D eigenvalue weighted by molar-refractivity contribution is 6.13. The summed E-state index contributed by atoms with van der Waals surface area (Å²) in [5.41, 5.74) is 1.71. The van der Waals surface area contributed by atoms with Crippen molar-refractivity contribution >= 4 is 34.3 Å². The van der Waals surface area contributed by atoms with Crippen LogP contribution < -0.4 is 19.5 Å². The average Bonchev–Trinajstić information content (AvgIpc) is 3.08. The van der Waals surface area contributed by atoms with Crippen LogP contribution >= 0.6 is 0 Å². The van der Waals surface area contributed by atoms with Crippen LogP contribution in [-0.4, -0.2) is 48.1 Å². The van der Waals surface area contributed by atoms with Crippen LogP contribution in [0.25, 0.3) is 10.9 Å². The number of benzene rings is 2. The molecule has 1 aliphatic heterocycles. The Labute approximate surface area is 176 Å². The first-order chi connectivity index (χ1) is 14.9. The van der Waals surface area contributed by atoms with E-state index in [0.29, 0.717) is 46.0 Å². The molecule has 3 aromatic rings. The first kappa shape index (κ1) is 20.3. The number of nitrogens with one attached hydrogen (secondary N) is 2. The van der Waals surface area contributed by atoms with Crippen molar-refractivity contribution in [2.24, 2.45) is 0 Å². The number of amides is 1. The Bertz CT molecular complexity index is 1210. The third-order valence-electron chi connectivity index (χ3n) is 4.92. The van der Waals surface area contributed by atoms with Crippen LogP contribution in [0, 0.1) is 0 Å². The molecule has 160 valence electrons. The molecule has 2 heterocycles. The zero-order valence-electron chi connectivity index (χ0n) is 16.9. The van der Waals surface area contributed by atoms with Gasteiger partial charge in [-0.3, -0.25) is 14.4 Å². The van der Waals surface area contributed by atoms with Gasteiger partial charge in [-0.15, -0.1) is 0 Å². The number of hydrogen-bond donors (Lipinski definition) is 3. The van der Waals surface area contributed by atoms with Gasteiger partial charge in [0.15, 0.2) is 18.1 Å². The van der Waals surface area contributed by atoms with E-state index in [0.717, 1.165) is 0 Å². The quantitative estimate of drug-likeness (QED) is 0.498. The molecule has 0 saturated carbocycles. The van der Waals surface area contributed by atoms with Crippen molar-refractivity contribution in [2.75, 3.05) is 25.6 Å². The van der Waals surface area contributed by atoms with E-state index in [4.69, 9.17) is 14.2 Å². The number of hydrogen-bond acceptors (Lipinski definition) is 6. The summed E-state index contributed by atoms with van der Waals surface area (Å²) in [5, 5.41) is 12.6. The van der Waals surface area contributed by atoms with Gasteiger partial charge in [0, 0.05) is 22.6 Å². The van der Waals surface area contributed by atoms with E-state index in [1.54, 1.807) is 24.3 Å². The Kier molecular flexibility index (Phi) is 5.24. The number of fused-ring (bicyclic) bond motifs is 2. The summed E-state index contributed by atoms with van der Waals surface area (Å²) in [6, 6.07) is 8.02. The Morgan fingerprint density at radius 1 is 1.19 bits per heavy atom. The first-order valence-electron chi connectivity index (χ1n) is 9.59. The van der Waals surface area contributed by atoms with Gasteiger partial charge in [0.1, 0.15) is 5.75 Å². The second kappa shape index (κ2) is 8.02. The number of ether oxygens (including phenoxy) is 3. The van der Waals surface area contributed by atoms with Crippen LogP contribution in [0.5, 0.6) is 17.2 Å². The number of carbonyl (C=O) groups excluding carboxylic acids is 2. The minimum absolute atomic E-state index is 0.0882. The first-order valence-corrected chi connectivity index (χ1v) is 9.59. The van der Waals surface area contributed by atoms with Gasteiger partial charge in [-0.2, -0.15) is 0 Å². The molecule has 3 N–H and O–H groups in total. The summed E-state index contributed by atoms with van der Waals surface area (Å²) in [5.74, 6) is -0.420. The van der Waals surface area contributed by atoms with Gasteiger partial charge in [-0.25, -0.2) is 0 Å². The molecule has 0 bridgehead atoms. The molecule has 1 aromatic heterocycles. The molecule has 1 aliphatic rings. The van der Waals surface area contributed by atoms with E-state index < -0.39 is 11.8 Å². The molecule has 0 atom stereocenters. The Morgan fingerprint density at radius 2 is 2.00 bits per heavy atom. The summed E-state index contributed by atoms with van der Waals surface area (Å²) >= 11 is 0. The lowest BCUT2D eigenvalue weighted by Crippen LogP contribution is -2.25. The minimum Gasteiger partial charge on any atom is -0.493 e. The second-order valence-corrected chi connectivity index (χ2v) is 6.91. The van der Waals surface area contributed by atoms with Gasteiger partial charge in [-0.05, 0) is 31.2 Å². The molecule has 0 aliphatic carbocycles. The highest BCUT2D eigenvalue weighted by Gasteiger charge is 2.24. The van der Waals surface area contributed by atoms with Crippen molar-refractivity contribution in [1.29, 1.82) is 0 Å². The topological polar surface area (TPSA) is 127 Å². The summed E-state index contributed by atoms with van der Waals surface area (Å²) in [6.45, 7) is 2.16. The maximum atomic E-state index is 13.3. The smallest absolute Gasteiger partial charge is 0.307 e. The Morgan fingerprint density at radius 3 is 2.71 bits per heavy atom. The number of ketones is 1. The third kappa shape index (κ3) is 3.77. The molecule has 4 rings (SSSR count).